The van der Waals surface area contributed by atoms with Crippen molar-refractivity contribution in [1.82, 2.24) is 14.9 Å². The van der Waals surface area contributed by atoms with Crippen molar-refractivity contribution in [3.05, 3.63) is 18.2 Å². The van der Waals surface area contributed by atoms with E-state index in [1.807, 2.05) is 6.33 Å². The quantitative estimate of drug-likeness (QED) is 0.768. The number of rotatable bonds is 6. The third-order valence-corrected chi connectivity index (χ3v) is 3.65. The molecule has 0 aromatic carbocycles. The van der Waals surface area contributed by atoms with Gasteiger partial charge in [0.15, 0.2) is 0 Å². The van der Waals surface area contributed by atoms with Crippen LogP contribution in [-0.2, 0) is 6.54 Å². The second-order valence-corrected chi connectivity index (χ2v) is 5.59. The molecule has 1 atom stereocenters. The molecule has 3 nitrogen and oxygen atoms in total. The standard InChI is InChI=1S/C14H25N3/c1-12(2)5-3-4-8-17-11-16-10-14(17)13-6-7-15-9-13/h10-13,15H,3-9H2,1-2H3. The van der Waals surface area contributed by atoms with Crippen molar-refractivity contribution < 1.29 is 0 Å². The molecule has 1 saturated heterocycles. The van der Waals surface area contributed by atoms with E-state index in [1.54, 1.807) is 0 Å². The number of hydrogen-bond donors (Lipinski definition) is 1. The average Bonchev–Trinajstić information content (AvgIpc) is 2.94. The highest BCUT2D eigenvalue weighted by molar-refractivity contribution is 5.09. The van der Waals surface area contributed by atoms with Crippen molar-refractivity contribution >= 4 is 0 Å². The maximum absolute atomic E-state index is 4.32. The molecule has 0 aliphatic carbocycles. The van der Waals surface area contributed by atoms with Crippen LogP contribution in [0.25, 0.3) is 0 Å². The third-order valence-electron chi connectivity index (χ3n) is 3.65. The van der Waals surface area contributed by atoms with E-state index in [2.05, 4.69) is 34.9 Å². The van der Waals surface area contributed by atoms with Crippen molar-refractivity contribution in [3.8, 4) is 0 Å². The van der Waals surface area contributed by atoms with Crippen LogP contribution in [0.15, 0.2) is 12.5 Å². The maximum atomic E-state index is 4.32. The van der Waals surface area contributed by atoms with Gasteiger partial charge in [-0.15, -0.1) is 0 Å². The summed E-state index contributed by atoms with van der Waals surface area (Å²) in [7, 11) is 0. The van der Waals surface area contributed by atoms with Crippen LogP contribution in [0.3, 0.4) is 0 Å². The van der Waals surface area contributed by atoms with Crippen LogP contribution in [0.2, 0.25) is 0 Å². The van der Waals surface area contributed by atoms with E-state index in [0.29, 0.717) is 5.92 Å². The minimum atomic E-state index is 0.683. The van der Waals surface area contributed by atoms with Crippen LogP contribution in [0, 0.1) is 5.92 Å². The third kappa shape index (κ3) is 3.56. The van der Waals surface area contributed by atoms with Gasteiger partial charge in [0.25, 0.3) is 0 Å². The summed E-state index contributed by atoms with van der Waals surface area (Å²) in [6.07, 6.45) is 9.27. The molecule has 2 rings (SSSR count). The number of imidazole rings is 1. The van der Waals surface area contributed by atoms with Crippen LogP contribution in [0.5, 0.6) is 0 Å². The van der Waals surface area contributed by atoms with E-state index >= 15 is 0 Å². The van der Waals surface area contributed by atoms with Gasteiger partial charge in [0.05, 0.1) is 6.33 Å². The Kier molecular flexibility index (Phi) is 4.60. The highest BCUT2D eigenvalue weighted by Crippen LogP contribution is 2.22. The normalized spacial score (nSPS) is 20.3. The Hall–Kier alpha value is -0.830. The molecule has 1 aromatic heterocycles. The lowest BCUT2D eigenvalue weighted by Crippen LogP contribution is -2.11. The Morgan fingerprint density at radius 3 is 3.06 bits per heavy atom. The van der Waals surface area contributed by atoms with Crippen LogP contribution in [0.1, 0.15) is 51.1 Å². The second kappa shape index (κ2) is 6.20. The van der Waals surface area contributed by atoms with Gasteiger partial charge < -0.3 is 9.88 Å². The number of unbranched alkanes of at least 4 members (excludes halogenated alkanes) is 1. The van der Waals surface area contributed by atoms with E-state index < -0.39 is 0 Å². The first-order chi connectivity index (χ1) is 8.27. The fourth-order valence-corrected chi connectivity index (χ4v) is 2.60. The van der Waals surface area contributed by atoms with Gasteiger partial charge in [-0.05, 0) is 25.3 Å². The number of nitrogens with zero attached hydrogens (tertiary/aromatic N) is 2. The van der Waals surface area contributed by atoms with Crippen molar-refractivity contribution in [3.63, 3.8) is 0 Å². The monoisotopic (exact) mass is 235 g/mol. The first-order valence-electron chi connectivity index (χ1n) is 6.98. The van der Waals surface area contributed by atoms with Gasteiger partial charge >= 0.3 is 0 Å². The number of aryl methyl sites for hydroxylation is 1. The van der Waals surface area contributed by atoms with E-state index in [-0.39, 0.29) is 0 Å². The van der Waals surface area contributed by atoms with Crippen molar-refractivity contribution in [2.45, 2.75) is 52.0 Å². The summed E-state index contributed by atoms with van der Waals surface area (Å²) in [4.78, 5) is 4.32. The smallest absolute Gasteiger partial charge is 0.0948 e. The minimum Gasteiger partial charge on any atom is -0.334 e. The van der Waals surface area contributed by atoms with Crippen molar-refractivity contribution in [2.75, 3.05) is 13.1 Å². The van der Waals surface area contributed by atoms with E-state index in [0.717, 1.165) is 25.6 Å². The molecule has 0 saturated carbocycles. The largest absolute Gasteiger partial charge is 0.334 e. The lowest BCUT2D eigenvalue weighted by atomic mass is 10.0. The van der Waals surface area contributed by atoms with E-state index in [9.17, 15) is 0 Å². The molecule has 1 N–H and O–H groups in total. The highest BCUT2D eigenvalue weighted by atomic mass is 15.1. The predicted octanol–water partition coefficient (Wildman–Crippen LogP) is 2.79. The van der Waals surface area contributed by atoms with Crippen molar-refractivity contribution in [2.24, 2.45) is 5.92 Å². The zero-order valence-corrected chi connectivity index (χ0v) is 11.2. The van der Waals surface area contributed by atoms with Gasteiger partial charge in [-0.1, -0.05) is 26.7 Å². The summed E-state index contributed by atoms with van der Waals surface area (Å²) in [5.41, 5.74) is 1.43. The van der Waals surface area contributed by atoms with Gasteiger partial charge in [-0.2, -0.15) is 0 Å². The lowest BCUT2D eigenvalue weighted by molar-refractivity contribution is 0.499. The summed E-state index contributed by atoms with van der Waals surface area (Å²) in [5.74, 6) is 1.51. The summed E-state index contributed by atoms with van der Waals surface area (Å²) >= 11 is 0. The zero-order chi connectivity index (χ0) is 12.1. The molecule has 3 heteroatoms. The van der Waals surface area contributed by atoms with Crippen LogP contribution in [-0.4, -0.2) is 22.6 Å². The second-order valence-electron chi connectivity index (χ2n) is 5.59. The molecule has 1 fully saturated rings. The first-order valence-corrected chi connectivity index (χ1v) is 6.98. The average molecular weight is 235 g/mol. The Bertz CT molecular complexity index is 324. The SMILES string of the molecule is CC(C)CCCCn1cncc1C1CCNC1. The summed E-state index contributed by atoms with van der Waals surface area (Å²) in [6.45, 7) is 8.01. The molecule has 0 radical (unpaired) electrons. The summed E-state index contributed by atoms with van der Waals surface area (Å²) in [6, 6.07) is 0. The van der Waals surface area contributed by atoms with Crippen molar-refractivity contribution in [1.29, 1.82) is 0 Å². The molecule has 1 aliphatic heterocycles. The van der Waals surface area contributed by atoms with Crippen LogP contribution >= 0.6 is 0 Å². The van der Waals surface area contributed by atoms with Crippen LogP contribution < -0.4 is 5.32 Å². The van der Waals surface area contributed by atoms with Crippen LogP contribution in [0.4, 0.5) is 0 Å². The molecular formula is C14H25N3. The number of hydrogen-bond acceptors (Lipinski definition) is 2. The topological polar surface area (TPSA) is 29.9 Å². The molecule has 17 heavy (non-hydrogen) atoms. The molecule has 96 valence electrons. The molecule has 2 heterocycles. The fraction of sp³-hybridized carbons (Fsp3) is 0.786. The minimum absolute atomic E-state index is 0.683. The Balaban J connectivity index is 1.82. The van der Waals surface area contributed by atoms with E-state index in [4.69, 9.17) is 0 Å². The first kappa shape index (κ1) is 12.6. The Morgan fingerprint density at radius 1 is 1.47 bits per heavy atom. The number of aromatic nitrogens is 2. The highest BCUT2D eigenvalue weighted by Gasteiger charge is 2.19. The molecular weight excluding hydrogens is 210 g/mol. The fourth-order valence-electron chi connectivity index (χ4n) is 2.60. The van der Waals surface area contributed by atoms with Gasteiger partial charge in [0.1, 0.15) is 0 Å². The molecule has 0 amide bonds. The lowest BCUT2D eigenvalue weighted by Gasteiger charge is -2.13. The molecule has 1 aliphatic rings. The van der Waals surface area contributed by atoms with Gasteiger partial charge in [-0.3, -0.25) is 0 Å². The van der Waals surface area contributed by atoms with Gasteiger partial charge in [0, 0.05) is 30.9 Å². The molecule has 0 bridgehead atoms. The Labute approximate surface area is 105 Å². The molecule has 0 spiro atoms. The Morgan fingerprint density at radius 2 is 2.35 bits per heavy atom. The summed E-state index contributed by atoms with van der Waals surface area (Å²) in [5, 5.41) is 3.43. The van der Waals surface area contributed by atoms with Gasteiger partial charge in [0.2, 0.25) is 0 Å². The zero-order valence-electron chi connectivity index (χ0n) is 11.2. The van der Waals surface area contributed by atoms with E-state index in [1.165, 1.54) is 31.4 Å². The molecule has 1 unspecified atom stereocenters. The summed E-state index contributed by atoms with van der Waals surface area (Å²) < 4.78 is 2.36. The molecule has 1 aromatic rings. The maximum Gasteiger partial charge on any atom is 0.0948 e. The number of nitrogens with one attached hydrogen (secondary N) is 1. The van der Waals surface area contributed by atoms with Gasteiger partial charge in [-0.25, -0.2) is 4.98 Å². The predicted molar refractivity (Wildman–Crippen MR) is 71.1 cm³/mol.